The number of anilines is 2. The van der Waals surface area contributed by atoms with Crippen LogP contribution < -0.4 is 15.0 Å². The van der Waals surface area contributed by atoms with Crippen molar-refractivity contribution in [1.82, 2.24) is 0 Å². The number of nitrogens with one attached hydrogen (secondary N) is 1. The maximum absolute atomic E-state index is 13.6. The van der Waals surface area contributed by atoms with Crippen LogP contribution in [0.15, 0.2) is 66.4 Å². The van der Waals surface area contributed by atoms with Gasteiger partial charge in [-0.15, -0.1) is 0 Å². The van der Waals surface area contributed by atoms with Crippen LogP contribution in [0.3, 0.4) is 0 Å². The molecule has 32 heavy (non-hydrogen) atoms. The second kappa shape index (κ2) is 8.52. The van der Waals surface area contributed by atoms with Gasteiger partial charge in [-0.25, -0.2) is 4.90 Å². The number of ether oxygens (including phenoxy) is 1. The number of halogens is 1. The molecule has 0 unspecified atom stereocenters. The van der Waals surface area contributed by atoms with Crippen LogP contribution in [-0.4, -0.2) is 18.9 Å². The summed E-state index contributed by atoms with van der Waals surface area (Å²) in [4.78, 5) is 28.4. The number of rotatable bonds is 5. The molecule has 0 aromatic heterocycles. The van der Waals surface area contributed by atoms with Crippen LogP contribution in [0.25, 0.3) is 5.57 Å². The Morgan fingerprint density at radius 2 is 1.59 bits per heavy atom. The Balaban J connectivity index is 1.87. The first-order chi connectivity index (χ1) is 15.3. The molecule has 0 fully saturated rings. The predicted octanol–water partition coefficient (Wildman–Crippen LogP) is 5.67. The standard InChI is InChI=1S/C26H23ClN2O3/c1-15-6-5-7-21(17(15)3)28-24-23(18-9-12-20(32-4)13-10-18)25(30)29(26(24)31)22-14-19(27)11-8-16(22)2/h5-14,28H,1-4H3. The molecular weight excluding hydrogens is 424 g/mol. The Hall–Kier alpha value is -3.57. The molecule has 5 nitrogen and oxygen atoms in total. The highest BCUT2D eigenvalue weighted by molar-refractivity contribution is 6.46. The zero-order chi connectivity index (χ0) is 23.0. The van der Waals surface area contributed by atoms with Gasteiger partial charge in [0.25, 0.3) is 11.8 Å². The molecule has 1 aliphatic heterocycles. The van der Waals surface area contributed by atoms with E-state index in [1.807, 2.05) is 39.0 Å². The van der Waals surface area contributed by atoms with E-state index in [1.165, 1.54) is 4.90 Å². The van der Waals surface area contributed by atoms with E-state index in [0.29, 0.717) is 27.6 Å². The van der Waals surface area contributed by atoms with Crippen LogP contribution in [-0.2, 0) is 9.59 Å². The van der Waals surface area contributed by atoms with Crippen molar-refractivity contribution in [2.45, 2.75) is 20.8 Å². The van der Waals surface area contributed by atoms with Gasteiger partial charge in [0.05, 0.1) is 18.4 Å². The highest BCUT2D eigenvalue weighted by atomic mass is 35.5. The monoisotopic (exact) mass is 446 g/mol. The van der Waals surface area contributed by atoms with Gasteiger partial charge in [-0.05, 0) is 73.4 Å². The number of benzene rings is 3. The maximum Gasteiger partial charge on any atom is 0.282 e. The molecule has 1 N–H and O–H groups in total. The molecular formula is C26H23ClN2O3. The number of carbonyl (C=O) groups is 2. The molecule has 2 amide bonds. The van der Waals surface area contributed by atoms with Gasteiger partial charge in [0, 0.05) is 10.7 Å². The minimum absolute atomic E-state index is 0.230. The molecule has 0 spiro atoms. The number of imide groups is 1. The quantitative estimate of drug-likeness (QED) is 0.513. The van der Waals surface area contributed by atoms with E-state index in [9.17, 15) is 9.59 Å². The lowest BCUT2D eigenvalue weighted by Crippen LogP contribution is -2.33. The summed E-state index contributed by atoms with van der Waals surface area (Å²) < 4.78 is 5.24. The van der Waals surface area contributed by atoms with Crippen molar-refractivity contribution in [1.29, 1.82) is 0 Å². The van der Waals surface area contributed by atoms with Crippen LogP contribution in [0, 0.1) is 20.8 Å². The molecule has 3 aromatic rings. The second-order valence-electron chi connectivity index (χ2n) is 7.73. The molecule has 0 saturated carbocycles. The molecule has 6 heteroatoms. The van der Waals surface area contributed by atoms with Crippen LogP contribution in [0.1, 0.15) is 22.3 Å². The normalized spacial score (nSPS) is 13.7. The van der Waals surface area contributed by atoms with E-state index < -0.39 is 11.8 Å². The summed E-state index contributed by atoms with van der Waals surface area (Å²) in [5.74, 6) is -0.164. The minimum atomic E-state index is -0.424. The smallest absolute Gasteiger partial charge is 0.282 e. The fraction of sp³-hybridized carbons (Fsp3) is 0.154. The van der Waals surface area contributed by atoms with Gasteiger partial charge in [0.1, 0.15) is 11.4 Å². The number of hydrogen-bond acceptors (Lipinski definition) is 4. The number of nitrogens with zero attached hydrogens (tertiary/aromatic N) is 1. The fourth-order valence-corrected chi connectivity index (χ4v) is 3.90. The topological polar surface area (TPSA) is 58.6 Å². The first kappa shape index (κ1) is 21.7. The molecule has 0 aliphatic carbocycles. The van der Waals surface area contributed by atoms with Gasteiger partial charge < -0.3 is 10.1 Å². The summed E-state index contributed by atoms with van der Waals surface area (Å²) in [5.41, 5.74) is 5.27. The van der Waals surface area contributed by atoms with Crippen LogP contribution in [0.2, 0.25) is 5.02 Å². The predicted molar refractivity (Wildman–Crippen MR) is 128 cm³/mol. The Kier molecular flexibility index (Phi) is 5.76. The van der Waals surface area contributed by atoms with Gasteiger partial charge in [0.2, 0.25) is 0 Å². The van der Waals surface area contributed by atoms with Crippen molar-refractivity contribution in [2.24, 2.45) is 0 Å². The molecule has 0 saturated heterocycles. The number of aryl methyl sites for hydroxylation is 2. The molecule has 0 atom stereocenters. The summed E-state index contributed by atoms with van der Waals surface area (Å²) in [6.45, 7) is 5.82. The SMILES string of the molecule is COc1ccc(C2=C(Nc3cccc(C)c3C)C(=O)N(c3cc(Cl)ccc3C)C2=O)cc1. The largest absolute Gasteiger partial charge is 0.497 e. The van der Waals surface area contributed by atoms with Crippen molar-refractivity contribution in [3.05, 3.63) is 93.6 Å². The van der Waals surface area contributed by atoms with Crippen molar-refractivity contribution in [3.63, 3.8) is 0 Å². The van der Waals surface area contributed by atoms with E-state index in [4.69, 9.17) is 16.3 Å². The minimum Gasteiger partial charge on any atom is -0.497 e. The molecule has 0 bridgehead atoms. The zero-order valence-corrected chi connectivity index (χ0v) is 19.1. The third-order valence-electron chi connectivity index (χ3n) is 5.74. The summed E-state index contributed by atoms with van der Waals surface area (Å²) in [6.07, 6.45) is 0. The van der Waals surface area contributed by atoms with E-state index in [1.54, 1.807) is 49.6 Å². The van der Waals surface area contributed by atoms with Crippen LogP contribution >= 0.6 is 11.6 Å². The van der Waals surface area contributed by atoms with E-state index in [0.717, 1.165) is 22.4 Å². The van der Waals surface area contributed by atoms with Crippen LogP contribution in [0.4, 0.5) is 11.4 Å². The number of amides is 2. The lowest BCUT2D eigenvalue weighted by Gasteiger charge is -2.18. The number of methoxy groups -OCH3 is 1. The second-order valence-corrected chi connectivity index (χ2v) is 8.16. The van der Waals surface area contributed by atoms with Gasteiger partial charge in [0.15, 0.2) is 0 Å². The van der Waals surface area contributed by atoms with Crippen molar-refractivity contribution < 1.29 is 14.3 Å². The lowest BCUT2D eigenvalue weighted by atomic mass is 10.0. The molecule has 1 aliphatic rings. The maximum atomic E-state index is 13.6. The van der Waals surface area contributed by atoms with Crippen molar-refractivity contribution >= 4 is 40.4 Å². The molecule has 3 aromatic carbocycles. The summed E-state index contributed by atoms with van der Waals surface area (Å²) in [6, 6.07) is 18.1. The average Bonchev–Trinajstić information content (AvgIpc) is 3.02. The third-order valence-corrected chi connectivity index (χ3v) is 5.97. The molecule has 1 heterocycles. The highest BCUT2D eigenvalue weighted by Crippen LogP contribution is 2.37. The van der Waals surface area contributed by atoms with E-state index in [-0.39, 0.29) is 5.70 Å². The van der Waals surface area contributed by atoms with Gasteiger partial charge in [-0.1, -0.05) is 41.9 Å². The Labute approximate surface area is 192 Å². The van der Waals surface area contributed by atoms with Crippen LogP contribution in [0.5, 0.6) is 5.75 Å². The van der Waals surface area contributed by atoms with Gasteiger partial charge in [-0.3, -0.25) is 9.59 Å². The summed E-state index contributed by atoms with van der Waals surface area (Å²) in [5, 5.41) is 3.70. The number of hydrogen-bond donors (Lipinski definition) is 1. The molecule has 162 valence electrons. The van der Waals surface area contributed by atoms with Gasteiger partial charge in [-0.2, -0.15) is 0 Å². The first-order valence-electron chi connectivity index (χ1n) is 10.2. The Morgan fingerprint density at radius 1 is 0.875 bits per heavy atom. The Morgan fingerprint density at radius 3 is 2.28 bits per heavy atom. The lowest BCUT2D eigenvalue weighted by molar-refractivity contribution is -0.120. The Bertz CT molecular complexity index is 1260. The third kappa shape index (κ3) is 3.76. The zero-order valence-electron chi connectivity index (χ0n) is 18.3. The fourth-order valence-electron chi connectivity index (χ4n) is 3.73. The van der Waals surface area contributed by atoms with Crippen molar-refractivity contribution in [3.8, 4) is 5.75 Å². The number of carbonyl (C=O) groups excluding carboxylic acids is 2. The molecule has 4 rings (SSSR count). The summed E-state index contributed by atoms with van der Waals surface area (Å²) in [7, 11) is 1.58. The van der Waals surface area contributed by atoms with E-state index in [2.05, 4.69) is 5.32 Å². The average molecular weight is 447 g/mol. The van der Waals surface area contributed by atoms with Gasteiger partial charge >= 0.3 is 0 Å². The van der Waals surface area contributed by atoms with Crippen molar-refractivity contribution in [2.75, 3.05) is 17.3 Å². The highest BCUT2D eigenvalue weighted by Gasteiger charge is 2.41. The van der Waals surface area contributed by atoms with E-state index >= 15 is 0 Å². The first-order valence-corrected chi connectivity index (χ1v) is 10.6. The molecule has 0 radical (unpaired) electrons. The summed E-state index contributed by atoms with van der Waals surface area (Å²) >= 11 is 6.19.